The molecular weight excluding hydrogens is 176 g/mol. The quantitative estimate of drug-likeness (QED) is 0.671. The summed E-state index contributed by atoms with van der Waals surface area (Å²) in [5.41, 5.74) is 0.993. The number of hydrogen-bond acceptors (Lipinski definition) is 2. The van der Waals surface area contributed by atoms with E-state index < -0.39 is 0 Å². The van der Waals surface area contributed by atoms with Gasteiger partial charge in [-0.25, -0.2) is 0 Å². The highest BCUT2D eigenvalue weighted by Crippen LogP contribution is 2.39. The van der Waals surface area contributed by atoms with Crippen LogP contribution in [0, 0.1) is 0 Å². The normalized spacial score (nSPS) is 20.3. The van der Waals surface area contributed by atoms with Crippen molar-refractivity contribution in [1.82, 2.24) is 0 Å². The number of rotatable bonds is 0. The molecular formula is C9H9ClO2. The monoisotopic (exact) mass is 184 g/mol. The Bertz CT molecular complexity index is 323. The molecule has 2 nitrogen and oxygen atoms in total. The lowest BCUT2D eigenvalue weighted by atomic mass is 10.1. The van der Waals surface area contributed by atoms with Crippen molar-refractivity contribution in [1.29, 1.82) is 0 Å². The molecule has 0 amide bonds. The van der Waals surface area contributed by atoms with Crippen molar-refractivity contribution in [2.75, 3.05) is 0 Å². The Labute approximate surface area is 75.7 Å². The van der Waals surface area contributed by atoms with Crippen LogP contribution in [-0.4, -0.2) is 11.2 Å². The molecule has 1 unspecified atom stereocenters. The second kappa shape index (κ2) is 2.56. The third-order valence-corrected chi connectivity index (χ3v) is 2.16. The summed E-state index contributed by atoms with van der Waals surface area (Å²) < 4.78 is 5.38. The molecule has 2 rings (SSSR count). The molecule has 3 heteroatoms. The Balaban J connectivity index is 2.52. The highest BCUT2D eigenvalue weighted by molar-refractivity contribution is 6.30. The first kappa shape index (κ1) is 7.74. The molecule has 1 aliphatic heterocycles. The van der Waals surface area contributed by atoms with Gasteiger partial charge in [0, 0.05) is 23.1 Å². The van der Waals surface area contributed by atoms with Gasteiger partial charge in [-0.2, -0.15) is 0 Å². The van der Waals surface area contributed by atoms with E-state index >= 15 is 0 Å². The minimum absolute atomic E-state index is 0.141. The van der Waals surface area contributed by atoms with Crippen LogP contribution in [0.2, 0.25) is 5.02 Å². The van der Waals surface area contributed by atoms with E-state index in [-0.39, 0.29) is 11.9 Å². The lowest BCUT2D eigenvalue weighted by molar-refractivity contribution is 0.245. The molecule has 0 aromatic heterocycles. The standard InChI is InChI=1S/C9H9ClO2/c1-5-2-6-3-7(10)4-8(11)9(6)12-5/h3-5,11H,2H2,1H3. The van der Waals surface area contributed by atoms with Gasteiger partial charge in [-0.15, -0.1) is 0 Å². The van der Waals surface area contributed by atoms with E-state index in [0.717, 1.165) is 12.0 Å². The van der Waals surface area contributed by atoms with Crippen molar-refractivity contribution in [3.05, 3.63) is 22.7 Å². The molecule has 1 aliphatic rings. The van der Waals surface area contributed by atoms with Gasteiger partial charge in [0.25, 0.3) is 0 Å². The van der Waals surface area contributed by atoms with Gasteiger partial charge in [0.2, 0.25) is 0 Å². The van der Waals surface area contributed by atoms with Gasteiger partial charge in [0.05, 0.1) is 0 Å². The first-order chi connectivity index (χ1) is 5.66. The second-order valence-corrected chi connectivity index (χ2v) is 3.48. The summed E-state index contributed by atoms with van der Waals surface area (Å²) in [6.45, 7) is 1.97. The van der Waals surface area contributed by atoms with Crippen molar-refractivity contribution < 1.29 is 9.84 Å². The number of benzene rings is 1. The van der Waals surface area contributed by atoms with Crippen LogP contribution in [-0.2, 0) is 6.42 Å². The fourth-order valence-corrected chi connectivity index (χ4v) is 1.71. The first-order valence-corrected chi connectivity index (χ1v) is 4.22. The molecule has 0 radical (unpaired) electrons. The molecule has 0 saturated carbocycles. The van der Waals surface area contributed by atoms with Crippen LogP contribution in [0.25, 0.3) is 0 Å². The number of phenols is 1. The van der Waals surface area contributed by atoms with E-state index in [4.69, 9.17) is 16.3 Å². The van der Waals surface area contributed by atoms with Gasteiger partial charge in [0.1, 0.15) is 6.10 Å². The lowest BCUT2D eigenvalue weighted by Crippen LogP contribution is -2.05. The highest BCUT2D eigenvalue weighted by Gasteiger charge is 2.22. The molecule has 0 bridgehead atoms. The predicted molar refractivity (Wildman–Crippen MR) is 46.9 cm³/mol. The molecule has 12 heavy (non-hydrogen) atoms. The smallest absolute Gasteiger partial charge is 0.164 e. The number of fused-ring (bicyclic) bond motifs is 1. The molecule has 1 atom stereocenters. The highest BCUT2D eigenvalue weighted by atomic mass is 35.5. The zero-order chi connectivity index (χ0) is 8.72. The van der Waals surface area contributed by atoms with Crippen molar-refractivity contribution in [2.45, 2.75) is 19.4 Å². The van der Waals surface area contributed by atoms with Crippen molar-refractivity contribution >= 4 is 11.6 Å². The summed E-state index contributed by atoms with van der Waals surface area (Å²) >= 11 is 5.76. The second-order valence-electron chi connectivity index (χ2n) is 3.05. The zero-order valence-corrected chi connectivity index (χ0v) is 7.43. The van der Waals surface area contributed by atoms with Crippen molar-refractivity contribution in [2.24, 2.45) is 0 Å². The number of hydrogen-bond donors (Lipinski definition) is 1. The Morgan fingerprint density at radius 1 is 1.58 bits per heavy atom. The van der Waals surface area contributed by atoms with E-state index in [1.807, 2.05) is 13.0 Å². The van der Waals surface area contributed by atoms with E-state index in [0.29, 0.717) is 10.8 Å². The van der Waals surface area contributed by atoms with Crippen LogP contribution in [0.3, 0.4) is 0 Å². The third kappa shape index (κ3) is 1.12. The Morgan fingerprint density at radius 2 is 2.33 bits per heavy atom. The average Bonchev–Trinajstić information content (AvgIpc) is 2.29. The van der Waals surface area contributed by atoms with Gasteiger partial charge >= 0.3 is 0 Å². The molecule has 0 spiro atoms. The summed E-state index contributed by atoms with van der Waals surface area (Å²) in [5, 5.41) is 9.98. The van der Waals surface area contributed by atoms with Crippen LogP contribution >= 0.6 is 11.6 Å². The molecule has 1 heterocycles. The molecule has 0 aliphatic carbocycles. The maximum atomic E-state index is 9.42. The summed E-state index contributed by atoms with van der Waals surface area (Å²) in [7, 11) is 0. The van der Waals surface area contributed by atoms with E-state index in [9.17, 15) is 5.11 Å². The third-order valence-electron chi connectivity index (χ3n) is 1.94. The van der Waals surface area contributed by atoms with Gasteiger partial charge < -0.3 is 9.84 Å². The van der Waals surface area contributed by atoms with Gasteiger partial charge in [-0.1, -0.05) is 11.6 Å². The van der Waals surface area contributed by atoms with Gasteiger partial charge in [-0.05, 0) is 13.0 Å². The number of phenolic OH excluding ortho intramolecular Hbond substituents is 1. The summed E-state index contributed by atoms with van der Waals surface area (Å²) in [6, 6.07) is 3.33. The number of aromatic hydroxyl groups is 1. The van der Waals surface area contributed by atoms with Crippen LogP contribution in [0.4, 0.5) is 0 Å². The number of ether oxygens (including phenoxy) is 1. The Morgan fingerprint density at radius 3 is 3.08 bits per heavy atom. The molecule has 64 valence electrons. The summed E-state index contributed by atoms with van der Waals surface area (Å²) in [4.78, 5) is 0. The van der Waals surface area contributed by atoms with Gasteiger partial charge in [-0.3, -0.25) is 0 Å². The van der Waals surface area contributed by atoms with Crippen LogP contribution < -0.4 is 4.74 Å². The van der Waals surface area contributed by atoms with E-state index in [2.05, 4.69) is 0 Å². The Hall–Kier alpha value is -0.890. The molecule has 1 aromatic rings. The largest absolute Gasteiger partial charge is 0.504 e. The van der Waals surface area contributed by atoms with Crippen molar-refractivity contribution in [3.8, 4) is 11.5 Å². The zero-order valence-electron chi connectivity index (χ0n) is 6.67. The molecule has 1 N–H and O–H groups in total. The number of halogens is 1. The van der Waals surface area contributed by atoms with E-state index in [1.165, 1.54) is 6.07 Å². The molecule has 0 saturated heterocycles. The molecule has 0 fully saturated rings. The first-order valence-electron chi connectivity index (χ1n) is 3.85. The van der Waals surface area contributed by atoms with Crippen LogP contribution in [0.1, 0.15) is 12.5 Å². The van der Waals surface area contributed by atoms with Crippen molar-refractivity contribution in [3.63, 3.8) is 0 Å². The molecule has 1 aromatic carbocycles. The maximum Gasteiger partial charge on any atom is 0.164 e. The fourth-order valence-electron chi connectivity index (χ4n) is 1.47. The minimum Gasteiger partial charge on any atom is -0.504 e. The summed E-state index contributed by atoms with van der Waals surface area (Å²) in [5.74, 6) is 0.730. The van der Waals surface area contributed by atoms with E-state index in [1.54, 1.807) is 0 Å². The van der Waals surface area contributed by atoms with Gasteiger partial charge in [0.15, 0.2) is 11.5 Å². The lowest BCUT2D eigenvalue weighted by Gasteiger charge is -2.04. The predicted octanol–water partition coefficient (Wildman–Crippen LogP) is 2.37. The SMILES string of the molecule is CC1Cc2cc(Cl)cc(O)c2O1. The fraction of sp³-hybridized carbons (Fsp3) is 0.333. The van der Waals surface area contributed by atoms with Crippen LogP contribution in [0.15, 0.2) is 12.1 Å². The van der Waals surface area contributed by atoms with Crippen LogP contribution in [0.5, 0.6) is 11.5 Å². The Kier molecular flexibility index (Phi) is 1.65. The summed E-state index contributed by atoms with van der Waals surface area (Å²) in [6.07, 6.45) is 0.966. The minimum atomic E-state index is 0.141. The average molecular weight is 185 g/mol. The topological polar surface area (TPSA) is 29.5 Å². The maximum absolute atomic E-state index is 9.42.